The lowest BCUT2D eigenvalue weighted by molar-refractivity contribution is 0.454. The SMILES string of the molecule is CC.CC.Cc1ccccn1.O[B]Oc1ccccc1. The van der Waals surface area contributed by atoms with E-state index in [9.17, 15) is 0 Å². The average molecular weight is 274 g/mol. The van der Waals surface area contributed by atoms with E-state index >= 15 is 0 Å². The van der Waals surface area contributed by atoms with E-state index < -0.39 is 0 Å². The summed E-state index contributed by atoms with van der Waals surface area (Å²) in [5.41, 5.74) is 1.07. The third-order valence-electron chi connectivity index (χ3n) is 1.74. The first-order valence-corrected chi connectivity index (χ1v) is 6.88. The lowest BCUT2D eigenvalue weighted by Gasteiger charge is -1.97. The molecule has 0 spiro atoms. The van der Waals surface area contributed by atoms with Crippen LogP contribution in [0.1, 0.15) is 33.4 Å². The van der Waals surface area contributed by atoms with Gasteiger partial charge in [0, 0.05) is 11.9 Å². The van der Waals surface area contributed by atoms with Crippen LogP contribution < -0.4 is 4.65 Å². The lowest BCUT2D eigenvalue weighted by Crippen LogP contribution is -1.98. The van der Waals surface area contributed by atoms with Crippen LogP contribution >= 0.6 is 0 Å². The molecule has 20 heavy (non-hydrogen) atoms. The van der Waals surface area contributed by atoms with Crippen molar-refractivity contribution < 1.29 is 9.68 Å². The molecule has 1 aromatic carbocycles. The minimum absolute atomic E-state index is 0.639. The summed E-state index contributed by atoms with van der Waals surface area (Å²) in [5, 5.41) is 8.17. The minimum Gasteiger partial charge on any atom is -0.537 e. The number of aromatic nitrogens is 1. The van der Waals surface area contributed by atoms with E-state index in [-0.39, 0.29) is 0 Å². The van der Waals surface area contributed by atoms with Crippen molar-refractivity contribution in [3.8, 4) is 5.75 Å². The highest BCUT2D eigenvalue weighted by molar-refractivity contribution is 6.17. The number of rotatable bonds is 2. The van der Waals surface area contributed by atoms with Crippen molar-refractivity contribution in [3.63, 3.8) is 0 Å². The van der Waals surface area contributed by atoms with Gasteiger partial charge in [-0.05, 0) is 31.2 Å². The lowest BCUT2D eigenvalue weighted by atomic mass is 10.3. The van der Waals surface area contributed by atoms with Gasteiger partial charge in [0.15, 0.2) is 0 Å². The van der Waals surface area contributed by atoms with E-state index in [1.807, 2.05) is 71.0 Å². The van der Waals surface area contributed by atoms with Crippen LogP contribution in [-0.2, 0) is 0 Å². The highest BCUT2D eigenvalue weighted by atomic mass is 16.5. The summed E-state index contributed by atoms with van der Waals surface area (Å²) in [5.74, 6) is 0.639. The zero-order valence-corrected chi connectivity index (χ0v) is 13.1. The van der Waals surface area contributed by atoms with E-state index in [0.717, 1.165) is 5.69 Å². The highest BCUT2D eigenvalue weighted by Gasteiger charge is 1.88. The first-order chi connectivity index (χ1) is 9.83. The van der Waals surface area contributed by atoms with Gasteiger partial charge in [-0.25, -0.2) is 0 Å². The van der Waals surface area contributed by atoms with Gasteiger partial charge in [-0.3, -0.25) is 4.98 Å². The Bertz CT molecular complexity index is 382. The van der Waals surface area contributed by atoms with E-state index in [0.29, 0.717) is 13.4 Å². The predicted octanol–water partition coefficient (Wildman–Crippen LogP) is 4.03. The summed E-state index contributed by atoms with van der Waals surface area (Å²) in [6.45, 7) is 9.97. The summed E-state index contributed by atoms with van der Waals surface area (Å²) in [7, 11) is 0.662. The molecule has 0 bridgehead atoms. The molecule has 0 aliphatic carbocycles. The van der Waals surface area contributed by atoms with E-state index in [4.69, 9.17) is 5.02 Å². The normalized spacial score (nSPS) is 7.50. The molecule has 0 amide bonds. The summed E-state index contributed by atoms with van der Waals surface area (Å²) in [4.78, 5) is 3.98. The Morgan fingerprint density at radius 2 is 1.45 bits per heavy atom. The smallest absolute Gasteiger partial charge is 0.537 e. The van der Waals surface area contributed by atoms with Crippen molar-refractivity contribution in [2.45, 2.75) is 34.6 Å². The van der Waals surface area contributed by atoms with Crippen molar-refractivity contribution >= 4 is 7.69 Å². The molecule has 0 atom stereocenters. The first-order valence-electron chi connectivity index (χ1n) is 6.88. The second-order valence-electron chi connectivity index (χ2n) is 3.01. The fraction of sp³-hybridized carbons (Fsp3) is 0.312. The molecule has 1 N–H and O–H groups in total. The number of para-hydroxylation sites is 1. The van der Waals surface area contributed by atoms with Crippen molar-refractivity contribution in [1.82, 2.24) is 4.98 Å². The minimum atomic E-state index is 0.639. The molecule has 0 aliphatic heterocycles. The monoisotopic (exact) mass is 274 g/mol. The second-order valence-corrected chi connectivity index (χ2v) is 3.01. The molecule has 2 aromatic rings. The van der Waals surface area contributed by atoms with E-state index in [1.54, 1.807) is 18.3 Å². The van der Waals surface area contributed by atoms with Crippen molar-refractivity contribution in [3.05, 3.63) is 60.4 Å². The number of hydrogen-bond donors (Lipinski definition) is 1. The maximum absolute atomic E-state index is 8.17. The van der Waals surface area contributed by atoms with E-state index in [2.05, 4.69) is 9.64 Å². The fourth-order valence-electron chi connectivity index (χ4n) is 1.01. The molecule has 1 heterocycles. The molecule has 2 rings (SSSR count). The van der Waals surface area contributed by atoms with Gasteiger partial charge >= 0.3 is 7.69 Å². The number of aryl methyl sites for hydroxylation is 1. The Labute approximate surface area is 124 Å². The van der Waals surface area contributed by atoms with Crippen LogP contribution in [0.15, 0.2) is 54.7 Å². The van der Waals surface area contributed by atoms with Gasteiger partial charge in [-0.15, -0.1) is 0 Å². The van der Waals surface area contributed by atoms with Crippen molar-refractivity contribution in [2.75, 3.05) is 0 Å². The molecule has 0 aliphatic rings. The standard InChI is InChI=1S/C6H6BO2.C6H7N.2C2H6/c8-7-9-6-4-2-1-3-5-6;1-6-4-2-3-5-7-6;2*1-2/h1-5,8H;2-5H,1H3;2*1-2H3. The van der Waals surface area contributed by atoms with Crippen LogP contribution in [0, 0.1) is 6.92 Å². The van der Waals surface area contributed by atoms with Crippen molar-refractivity contribution in [1.29, 1.82) is 0 Å². The average Bonchev–Trinajstić information content (AvgIpc) is 2.54. The molecule has 1 radical (unpaired) electrons. The van der Waals surface area contributed by atoms with Crippen LogP contribution in [0.3, 0.4) is 0 Å². The number of nitrogens with zero attached hydrogens (tertiary/aromatic N) is 1. The van der Waals surface area contributed by atoms with E-state index in [1.165, 1.54) is 0 Å². The third kappa shape index (κ3) is 12.6. The van der Waals surface area contributed by atoms with Crippen LogP contribution in [0.5, 0.6) is 5.75 Å². The predicted molar refractivity (Wildman–Crippen MR) is 86.7 cm³/mol. The van der Waals surface area contributed by atoms with Gasteiger partial charge < -0.3 is 9.68 Å². The maximum Gasteiger partial charge on any atom is 0.569 e. The topological polar surface area (TPSA) is 42.4 Å². The molecular weight excluding hydrogens is 249 g/mol. The fourth-order valence-corrected chi connectivity index (χ4v) is 1.01. The summed E-state index contributed by atoms with van der Waals surface area (Å²) in [6, 6.07) is 14.9. The third-order valence-corrected chi connectivity index (χ3v) is 1.74. The van der Waals surface area contributed by atoms with Crippen LogP contribution in [-0.4, -0.2) is 17.7 Å². The van der Waals surface area contributed by atoms with Gasteiger partial charge in [0.05, 0.1) is 5.75 Å². The summed E-state index contributed by atoms with van der Waals surface area (Å²) in [6.07, 6.45) is 1.79. The Hall–Kier alpha value is -1.81. The number of hydrogen-bond acceptors (Lipinski definition) is 3. The molecule has 0 unspecified atom stereocenters. The molecule has 0 fully saturated rings. The van der Waals surface area contributed by atoms with Gasteiger partial charge in [0.1, 0.15) is 0 Å². The second kappa shape index (κ2) is 17.2. The molecule has 4 heteroatoms. The molecule has 0 saturated carbocycles. The Morgan fingerprint density at radius 3 is 1.80 bits per heavy atom. The Balaban J connectivity index is 0. The molecule has 1 aromatic heterocycles. The molecule has 109 valence electrons. The summed E-state index contributed by atoms with van der Waals surface area (Å²) < 4.78 is 4.64. The number of benzene rings is 1. The summed E-state index contributed by atoms with van der Waals surface area (Å²) >= 11 is 0. The van der Waals surface area contributed by atoms with Gasteiger partial charge in [0.25, 0.3) is 0 Å². The molecular formula is C16H25BNO2. The zero-order valence-electron chi connectivity index (χ0n) is 13.1. The zero-order chi connectivity index (χ0) is 15.6. The quantitative estimate of drug-likeness (QED) is 0.840. The van der Waals surface area contributed by atoms with Gasteiger partial charge in [-0.2, -0.15) is 0 Å². The first kappa shape index (κ1) is 20.5. The number of pyridine rings is 1. The van der Waals surface area contributed by atoms with Crippen LogP contribution in [0.4, 0.5) is 0 Å². The molecule has 3 nitrogen and oxygen atoms in total. The van der Waals surface area contributed by atoms with Gasteiger partial charge in [-0.1, -0.05) is 52.0 Å². The van der Waals surface area contributed by atoms with Crippen LogP contribution in [0.25, 0.3) is 0 Å². The molecule has 0 saturated heterocycles. The Kier molecular flexibility index (Phi) is 17.6. The van der Waals surface area contributed by atoms with Crippen molar-refractivity contribution in [2.24, 2.45) is 0 Å². The largest absolute Gasteiger partial charge is 0.569 e. The Morgan fingerprint density at radius 1 is 0.900 bits per heavy atom. The highest BCUT2D eigenvalue weighted by Crippen LogP contribution is 2.06. The maximum atomic E-state index is 8.17. The van der Waals surface area contributed by atoms with Gasteiger partial charge in [0.2, 0.25) is 0 Å². The van der Waals surface area contributed by atoms with Crippen LogP contribution in [0.2, 0.25) is 0 Å².